The number of likely N-dealkylation sites (tertiary alicyclic amines) is 1. The molecule has 2 N–H and O–H groups in total. The van der Waals surface area contributed by atoms with Crippen molar-refractivity contribution in [3.63, 3.8) is 0 Å². The first kappa shape index (κ1) is 10.2. The van der Waals surface area contributed by atoms with Crippen molar-refractivity contribution >= 4 is 5.91 Å². The van der Waals surface area contributed by atoms with E-state index < -0.39 is 0 Å². The highest BCUT2D eigenvalue weighted by atomic mass is 16.1. The Morgan fingerprint density at radius 3 is 2.73 bits per heavy atom. The topological polar surface area (TPSA) is 46.3 Å². The third-order valence-corrected chi connectivity index (χ3v) is 2.92. The number of carbonyl (C=O) groups excluding carboxylic acids is 1. The minimum Gasteiger partial charge on any atom is -0.369 e. The minimum absolute atomic E-state index is 0.0497. The molecule has 0 saturated carbocycles. The molecule has 0 unspecified atom stereocenters. The fraction of sp³-hybridized carbons (Fsp3) is 0.417. The Morgan fingerprint density at radius 1 is 1.40 bits per heavy atom. The Labute approximate surface area is 89.9 Å². The van der Waals surface area contributed by atoms with E-state index in [4.69, 9.17) is 5.73 Å². The molecule has 1 aliphatic rings. The monoisotopic (exact) mass is 204 g/mol. The number of primary amides is 1. The van der Waals surface area contributed by atoms with Gasteiger partial charge in [0, 0.05) is 13.1 Å². The maximum Gasteiger partial charge on any atom is 0.221 e. The number of nitrogens with two attached hydrogens (primary N) is 1. The molecule has 1 aromatic rings. The van der Waals surface area contributed by atoms with Crippen LogP contribution in [0.2, 0.25) is 0 Å². The largest absolute Gasteiger partial charge is 0.369 e. The second-order valence-corrected chi connectivity index (χ2v) is 4.11. The Balaban J connectivity index is 1.90. The number of hydrogen-bond donors (Lipinski definition) is 1. The summed E-state index contributed by atoms with van der Waals surface area (Å²) in [6.07, 6.45) is 0.905. The molecule has 2 rings (SSSR count). The summed E-state index contributed by atoms with van der Waals surface area (Å²) >= 11 is 0. The van der Waals surface area contributed by atoms with E-state index in [9.17, 15) is 4.79 Å². The minimum atomic E-state index is -0.162. The number of amides is 1. The number of rotatable bonds is 3. The lowest BCUT2D eigenvalue weighted by atomic mass is 10.1. The van der Waals surface area contributed by atoms with Crippen LogP contribution in [0.25, 0.3) is 0 Å². The van der Waals surface area contributed by atoms with E-state index in [1.165, 1.54) is 5.56 Å². The maximum atomic E-state index is 11.0. The third kappa shape index (κ3) is 2.57. The van der Waals surface area contributed by atoms with Gasteiger partial charge in [-0.2, -0.15) is 0 Å². The first-order chi connectivity index (χ1) is 7.25. The molecule has 0 radical (unpaired) electrons. The molecule has 1 fully saturated rings. The molecule has 1 amide bonds. The smallest absolute Gasteiger partial charge is 0.221 e. The average molecular weight is 204 g/mol. The van der Waals surface area contributed by atoms with E-state index in [1.54, 1.807) is 0 Å². The van der Waals surface area contributed by atoms with Crippen LogP contribution in [0.5, 0.6) is 0 Å². The summed E-state index contributed by atoms with van der Waals surface area (Å²) in [4.78, 5) is 13.3. The fourth-order valence-electron chi connectivity index (χ4n) is 2.05. The number of benzene rings is 1. The first-order valence-electron chi connectivity index (χ1n) is 5.31. The SMILES string of the molecule is NC(=O)[C@@H]1CCN(Cc2ccccc2)C1. The van der Waals surface area contributed by atoms with Crippen LogP contribution in [-0.2, 0) is 11.3 Å². The van der Waals surface area contributed by atoms with Gasteiger partial charge in [0.05, 0.1) is 5.92 Å². The molecule has 15 heavy (non-hydrogen) atoms. The molecular weight excluding hydrogens is 188 g/mol. The molecule has 3 heteroatoms. The van der Waals surface area contributed by atoms with Gasteiger partial charge >= 0.3 is 0 Å². The molecule has 0 aliphatic carbocycles. The highest BCUT2D eigenvalue weighted by Crippen LogP contribution is 2.17. The molecule has 1 atom stereocenters. The lowest BCUT2D eigenvalue weighted by Gasteiger charge is -2.14. The van der Waals surface area contributed by atoms with Crippen molar-refractivity contribution < 1.29 is 4.79 Å². The first-order valence-corrected chi connectivity index (χ1v) is 5.31. The number of hydrogen-bond acceptors (Lipinski definition) is 2. The molecule has 0 bridgehead atoms. The maximum absolute atomic E-state index is 11.0. The summed E-state index contributed by atoms with van der Waals surface area (Å²) in [7, 11) is 0. The number of carbonyl (C=O) groups is 1. The lowest BCUT2D eigenvalue weighted by molar-refractivity contribution is -0.121. The Kier molecular flexibility index (Phi) is 3.02. The molecule has 80 valence electrons. The third-order valence-electron chi connectivity index (χ3n) is 2.92. The van der Waals surface area contributed by atoms with Crippen LogP contribution in [-0.4, -0.2) is 23.9 Å². The van der Waals surface area contributed by atoms with Gasteiger partial charge in [-0.15, -0.1) is 0 Å². The van der Waals surface area contributed by atoms with Crippen LogP contribution in [0, 0.1) is 5.92 Å². The summed E-state index contributed by atoms with van der Waals surface area (Å²) in [6.45, 7) is 2.71. The predicted octanol–water partition coefficient (Wildman–Crippen LogP) is 0.994. The summed E-state index contributed by atoms with van der Waals surface area (Å²) in [6, 6.07) is 10.3. The van der Waals surface area contributed by atoms with Gasteiger partial charge in [-0.3, -0.25) is 9.69 Å². The van der Waals surface area contributed by atoms with Crippen LogP contribution < -0.4 is 5.73 Å². The standard InChI is InChI=1S/C12H16N2O/c13-12(15)11-6-7-14(9-11)8-10-4-2-1-3-5-10/h1-5,11H,6-9H2,(H2,13,15)/t11-/m1/s1. The quantitative estimate of drug-likeness (QED) is 0.798. The predicted molar refractivity (Wildman–Crippen MR) is 59.0 cm³/mol. The molecule has 1 heterocycles. The number of nitrogens with zero attached hydrogens (tertiary/aromatic N) is 1. The van der Waals surface area contributed by atoms with E-state index in [0.717, 1.165) is 26.1 Å². The van der Waals surface area contributed by atoms with Crippen LogP contribution in [0.1, 0.15) is 12.0 Å². The van der Waals surface area contributed by atoms with E-state index in [2.05, 4.69) is 17.0 Å². The fourth-order valence-corrected chi connectivity index (χ4v) is 2.05. The van der Waals surface area contributed by atoms with Crippen LogP contribution in [0.3, 0.4) is 0 Å². The zero-order chi connectivity index (χ0) is 10.7. The van der Waals surface area contributed by atoms with Crippen molar-refractivity contribution in [2.75, 3.05) is 13.1 Å². The normalized spacial score (nSPS) is 21.7. The van der Waals surface area contributed by atoms with Crippen LogP contribution in [0.4, 0.5) is 0 Å². The van der Waals surface area contributed by atoms with E-state index in [1.807, 2.05) is 18.2 Å². The molecule has 1 aromatic carbocycles. The van der Waals surface area contributed by atoms with Crippen LogP contribution >= 0.6 is 0 Å². The molecule has 1 aliphatic heterocycles. The van der Waals surface area contributed by atoms with Crippen molar-refractivity contribution in [2.24, 2.45) is 11.7 Å². The Morgan fingerprint density at radius 2 is 2.13 bits per heavy atom. The Hall–Kier alpha value is -1.35. The lowest BCUT2D eigenvalue weighted by Crippen LogP contribution is -2.27. The summed E-state index contributed by atoms with van der Waals surface area (Å²) in [5.74, 6) is -0.112. The highest BCUT2D eigenvalue weighted by molar-refractivity contribution is 5.77. The molecule has 3 nitrogen and oxygen atoms in total. The highest BCUT2D eigenvalue weighted by Gasteiger charge is 2.26. The van der Waals surface area contributed by atoms with Crippen molar-refractivity contribution in [1.82, 2.24) is 4.90 Å². The van der Waals surface area contributed by atoms with Gasteiger partial charge in [0.15, 0.2) is 0 Å². The van der Waals surface area contributed by atoms with E-state index >= 15 is 0 Å². The Bertz CT molecular complexity index is 337. The average Bonchev–Trinajstić information content (AvgIpc) is 2.68. The zero-order valence-electron chi connectivity index (χ0n) is 8.73. The second-order valence-electron chi connectivity index (χ2n) is 4.11. The second kappa shape index (κ2) is 4.45. The molecule has 0 spiro atoms. The van der Waals surface area contributed by atoms with Crippen molar-refractivity contribution in [3.8, 4) is 0 Å². The van der Waals surface area contributed by atoms with Gasteiger partial charge in [-0.1, -0.05) is 30.3 Å². The summed E-state index contributed by atoms with van der Waals surface area (Å²) in [5, 5.41) is 0. The van der Waals surface area contributed by atoms with Crippen molar-refractivity contribution in [3.05, 3.63) is 35.9 Å². The van der Waals surface area contributed by atoms with Gasteiger partial charge in [0.2, 0.25) is 5.91 Å². The van der Waals surface area contributed by atoms with Gasteiger partial charge in [0.25, 0.3) is 0 Å². The summed E-state index contributed by atoms with van der Waals surface area (Å²) in [5.41, 5.74) is 6.58. The van der Waals surface area contributed by atoms with Crippen molar-refractivity contribution in [1.29, 1.82) is 0 Å². The zero-order valence-corrected chi connectivity index (χ0v) is 8.73. The van der Waals surface area contributed by atoms with Crippen LogP contribution in [0.15, 0.2) is 30.3 Å². The van der Waals surface area contributed by atoms with E-state index in [-0.39, 0.29) is 11.8 Å². The molecule has 1 saturated heterocycles. The van der Waals surface area contributed by atoms with Gasteiger partial charge < -0.3 is 5.73 Å². The summed E-state index contributed by atoms with van der Waals surface area (Å²) < 4.78 is 0. The van der Waals surface area contributed by atoms with Gasteiger partial charge in [0.1, 0.15) is 0 Å². The van der Waals surface area contributed by atoms with Crippen molar-refractivity contribution in [2.45, 2.75) is 13.0 Å². The van der Waals surface area contributed by atoms with Gasteiger partial charge in [-0.05, 0) is 18.5 Å². The van der Waals surface area contributed by atoms with E-state index in [0.29, 0.717) is 0 Å². The molecule has 0 aromatic heterocycles. The van der Waals surface area contributed by atoms with Gasteiger partial charge in [-0.25, -0.2) is 0 Å². The molecular formula is C12H16N2O.